The minimum Gasteiger partial charge on any atom is -0.268 e. The van der Waals surface area contributed by atoms with Crippen molar-refractivity contribution in [3.8, 4) is 5.69 Å². The molecule has 3 heterocycles. The summed E-state index contributed by atoms with van der Waals surface area (Å²) in [6, 6.07) is 8.02. The fraction of sp³-hybridized carbons (Fsp3) is 0.318. The van der Waals surface area contributed by atoms with Crippen molar-refractivity contribution < 1.29 is 0 Å². The van der Waals surface area contributed by atoms with Crippen LogP contribution in [0.15, 0.2) is 46.4 Å². The standard InChI is InChI=1S/C22H22N4OS2/c1-13(2)12-28-22-24-23-21-25(15-10-8-14(3)9-11-15)19(27)18-16-6-4-5-7-17(16)29-20(18)26(21)22/h8-11H,1,4-7,12H2,2-3H3. The van der Waals surface area contributed by atoms with Crippen molar-refractivity contribution in [3.05, 3.63) is 62.8 Å². The van der Waals surface area contributed by atoms with E-state index >= 15 is 0 Å². The van der Waals surface area contributed by atoms with Gasteiger partial charge in [-0.1, -0.05) is 41.6 Å². The molecule has 5 rings (SSSR count). The van der Waals surface area contributed by atoms with Crippen LogP contribution < -0.4 is 5.56 Å². The van der Waals surface area contributed by atoms with E-state index in [2.05, 4.69) is 21.2 Å². The molecule has 0 radical (unpaired) electrons. The van der Waals surface area contributed by atoms with E-state index in [0.29, 0.717) is 5.78 Å². The number of thioether (sulfide) groups is 1. The van der Waals surface area contributed by atoms with Gasteiger partial charge in [-0.05, 0) is 57.2 Å². The lowest BCUT2D eigenvalue weighted by atomic mass is 9.97. The number of rotatable bonds is 4. The van der Waals surface area contributed by atoms with Crippen LogP contribution in [0.25, 0.3) is 21.7 Å². The predicted molar refractivity (Wildman–Crippen MR) is 121 cm³/mol. The molecule has 1 aromatic carbocycles. The highest BCUT2D eigenvalue weighted by atomic mass is 32.2. The number of benzene rings is 1. The molecular formula is C22H22N4OS2. The molecule has 0 saturated carbocycles. The van der Waals surface area contributed by atoms with Crippen molar-refractivity contribution >= 4 is 39.1 Å². The molecule has 0 fully saturated rings. The molecule has 0 spiro atoms. The quantitative estimate of drug-likeness (QED) is 0.345. The molecular weight excluding hydrogens is 400 g/mol. The van der Waals surface area contributed by atoms with Crippen LogP contribution in [-0.4, -0.2) is 24.9 Å². The van der Waals surface area contributed by atoms with Crippen LogP contribution in [0.2, 0.25) is 0 Å². The minimum atomic E-state index is 0.0135. The minimum absolute atomic E-state index is 0.0135. The van der Waals surface area contributed by atoms with E-state index < -0.39 is 0 Å². The maximum Gasteiger partial charge on any atom is 0.268 e. The zero-order valence-electron chi connectivity index (χ0n) is 16.6. The zero-order valence-corrected chi connectivity index (χ0v) is 18.2. The molecule has 0 unspecified atom stereocenters. The third kappa shape index (κ3) is 3.04. The first-order valence-corrected chi connectivity index (χ1v) is 11.6. The normalized spacial score (nSPS) is 13.9. The van der Waals surface area contributed by atoms with Crippen LogP contribution in [-0.2, 0) is 12.8 Å². The fourth-order valence-electron chi connectivity index (χ4n) is 3.92. The lowest BCUT2D eigenvalue weighted by Gasteiger charge is -2.12. The van der Waals surface area contributed by atoms with Crippen molar-refractivity contribution in [2.24, 2.45) is 0 Å². The summed E-state index contributed by atoms with van der Waals surface area (Å²) in [5.41, 5.74) is 4.31. The molecule has 1 aliphatic carbocycles. The number of hydrogen-bond donors (Lipinski definition) is 0. The number of aromatic nitrogens is 4. The van der Waals surface area contributed by atoms with E-state index in [9.17, 15) is 4.79 Å². The van der Waals surface area contributed by atoms with Gasteiger partial charge in [-0.15, -0.1) is 21.5 Å². The maximum atomic E-state index is 13.7. The predicted octanol–water partition coefficient (Wildman–Crippen LogP) is 4.95. The van der Waals surface area contributed by atoms with Gasteiger partial charge in [0.25, 0.3) is 5.56 Å². The fourth-order valence-corrected chi connectivity index (χ4v) is 6.14. The Morgan fingerprint density at radius 1 is 1.21 bits per heavy atom. The molecule has 7 heteroatoms. The third-order valence-corrected chi connectivity index (χ3v) is 7.77. The number of thiophene rings is 1. The van der Waals surface area contributed by atoms with Crippen molar-refractivity contribution in [1.29, 1.82) is 0 Å². The zero-order chi connectivity index (χ0) is 20.1. The molecule has 0 N–H and O–H groups in total. The second kappa shape index (κ2) is 7.15. The number of nitrogens with zero attached hydrogens (tertiary/aromatic N) is 4. The Morgan fingerprint density at radius 3 is 2.72 bits per heavy atom. The van der Waals surface area contributed by atoms with Gasteiger partial charge in [-0.2, -0.15) is 0 Å². The van der Waals surface area contributed by atoms with E-state index in [1.165, 1.54) is 16.9 Å². The van der Waals surface area contributed by atoms with E-state index in [1.54, 1.807) is 27.7 Å². The second-order valence-electron chi connectivity index (χ2n) is 7.73. The molecule has 1 aliphatic rings. The maximum absolute atomic E-state index is 13.7. The highest BCUT2D eigenvalue weighted by Crippen LogP contribution is 2.36. The van der Waals surface area contributed by atoms with Crippen molar-refractivity contribution in [1.82, 2.24) is 19.2 Å². The Morgan fingerprint density at radius 2 is 1.97 bits per heavy atom. The van der Waals surface area contributed by atoms with Crippen molar-refractivity contribution in [2.45, 2.75) is 44.7 Å². The van der Waals surface area contributed by atoms with Gasteiger partial charge in [-0.3, -0.25) is 4.79 Å². The largest absolute Gasteiger partial charge is 0.268 e. The van der Waals surface area contributed by atoms with Gasteiger partial charge in [0.15, 0.2) is 5.16 Å². The molecule has 29 heavy (non-hydrogen) atoms. The molecule has 0 amide bonds. The third-order valence-electron chi connectivity index (χ3n) is 5.33. The van der Waals surface area contributed by atoms with Gasteiger partial charge < -0.3 is 0 Å². The van der Waals surface area contributed by atoms with Crippen molar-refractivity contribution in [2.75, 3.05) is 5.75 Å². The van der Waals surface area contributed by atoms with Crippen molar-refractivity contribution in [3.63, 3.8) is 0 Å². The van der Waals surface area contributed by atoms with Crippen LogP contribution in [0.4, 0.5) is 0 Å². The lowest BCUT2D eigenvalue weighted by Crippen LogP contribution is -2.22. The second-order valence-corrected chi connectivity index (χ2v) is 9.76. The molecule has 4 aromatic rings. The first-order valence-electron chi connectivity index (χ1n) is 9.83. The summed E-state index contributed by atoms with van der Waals surface area (Å²) in [6.45, 7) is 8.06. The highest BCUT2D eigenvalue weighted by Gasteiger charge is 2.25. The van der Waals surface area contributed by atoms with Crippen LogP contribution >= 0.6 is 23.1 Å². The summed E-state index contributed by atoms with van der Waals surface area (Å²) in [7, 11) is 0. The van der Waals surface area contributed by atoms with Gasteiger partial charge in [0, 0.05) is 10.6 Å². The summed E-state index contributed by atoms with van der Waals surface area (Å²) < 4.78 is 3.80. The summed E-state index contributed by atoms with van der Waals surface area (Å²) >= 11 is 3.36. The van der Waals surface area contributed by atoms with Crippen LogP contribution in [0.5, 0.6) is 0 Å². The Balaban J connectivity index is 1.88. The SMILES string of the molecule is C=C(C)CSc1nnc2n(-c3ccc(C)cc3)c(=O)c3c4c(sc3n12)CCCC4. The molecule has 5 nitrogen and oxygen atoms in total. The van der Waals surface area contributed by atoms with E-state index in [1.807, 2.05) is 38.1 Å². The van der Waals surface area contributed by atoms with E-state index in [4.69, 9.17) is 0 Å². The van der Waals surface area contributed by atoms with E-state index in [-0.39, 0.29) is 5.56 Å². The first-order chi connectivity index (χ1) is 14.0. The van der Waals surface area contributed by atoms with Gasteiger partial charge >= 0.3 is 0 Å². The summed E-state index contributed by atoms with van der Waals surface area (Å²) in [6.07, 6.45) is 4.35. The number of aryl methyl sites for hydroxylation is 3. The Bertz CT molecular complexity index is 1310. The van der Waals surface area contributed by atoms with Gasteiger partial charge in [0.1, 0.15) is 4.83 Å². The van der Waals surface area contributed by atoms with E-state index in [0.717, 1.165) is 57.2 Å². The molecule has 0 aliphatic heterocycles. The Labute approximate surface area is 177 Å². The van der Waals surface area contributed by atoms with Crippen LogP contribution in [0.3, 0.4) is 0 Å². The van der Waals surface area contributed by atoms with Crippen LogP contribution in [0, 0.1) is 6.92 Å². The number of fused-ring (bicyclic) bond motifs is 5. The molecule has 0 bridgehead atoms. The monoisotopic (exact) mass is 422 g/mol. The average Bonchev–Trinajstić information content (AvgIpc) is 3.29. The summed E-state index contributed by atoms with van der Waals surface area (Å²) in [5, 5.41) is 10.5. The Hall–Kier alpha value is -2.38. The van der Waals surface area contributed by atoms with Gasteiger partial charge in [0.2, 0.25) is 5.78 Å². The van der Waals surface area contributed by atoms with Crippen LogP contribution in [0.1, 0.15) is 35.8 Å². The molecule has 3 aromatic heterocycles. The van der Waals surface area contributed by atoms with Gasteiger partial charge in [-0.25, -0.2) is 8.97 Å². The molecule has 148 valence electrons. The first kappa shape index (κ1) is 18.6. The smallest absolute Gasteiger partial charge is 0.268 e. The Kier molecular flexibility index (Phi) is 4.59. The molecule has 0 atom stereocenters. The lowest BCUT2D eigenvalue weighted by molar-refractivity contribution is 0.699. The van der Waals surface area contributed by atoms with Gasteiger partial charge in [0.05, 0.1) is 11.1 Å². The average molecular weight is 423 g/mol. The summed E-state index contributed by atoms with van der Waals surface area (Å²) in [4.78, 5) is 16.0. The topological polar surface area (TPSA) is 52.2 Å². The summed E-state index contributed by atoms with van der Waals surface area (Å²) in [5.74, 6) is 1.35. The number of hydrogen-bond acceptors (Lipinski definition) is 5. The molecule has 0 saturated heterocycles. The highest BCUT2D eigenvalue weighted by molar-refractivity contribution is 7.99.